The monoisotopic (exact) mass is 1490 g/mol. The summed E-state index contributed by atoms with van der Waals surface area (Å²) >= 11 is 18.0. The first-order valence-electron chi connectivity index (χ1n) is 24.5. The number of benzene rings is 6. The minimum absolute atomic E-state index is 0.0129. The van der Waals surface area contributed by atoms with Crippen LogP contribution >= 0.6 is 67.4 Å². The second kappa shape index (κ2) is 44.2. The SMILES string of the molecule is BrBr.C=CCc1cc(OC)c(O)c([N+](=O)[O-])c1.C=CCc1ccc(O)c(OC)c1.COc1cc(C(=O)CBr)cc([N+](=O)[O-])c1O.COc1cc(C(C)=O)cc([N+](=O)[O-])c1O.COc1cc(C(C)=O)ccc1O.COc1cc(CC=O)cc([N+](=O)[O-])c1O.ClCCl. The van der Waals surface area contributed by atoms with Gasteiger partial charge in [-0.1, -0.05) is 34.1 Å². The Morgan fingerprint density at radius 3 is 1.09 bits per heavy atom. The van der Waals surface area contributed by atoms with Crippen LogP contribution in [0.1, 0.15) is 61.6 Å². The Hall–Kier alpha value is -9.30. The van der Waals surface area contributed by atoms with Crippen molar-refractivity contribution in [3.8, 4) is 69.0 Å². The summed E-state index contributed by atoms with van der Waals surface area (Å²) < 4.78 is 28.8. The number of hydrogen-bond acceptors (Lipinski definition) is 24. The molecule has 0 radical (unpaired) electrons. The number of alkyl halides is 3. The number of methoxy groups -OCH3 is 6. The molecule has 0 saturated heterocycles. The Labute approximate surface area is 548 Å². The summed E-state index contributed by atoms with van der Waals surface area (Å²) in [6.45, 7) is 9.90. The summed E-state index contributed by atoms with van der Waals surface area (Å²) in [5.74, 6) is -1.91. The zero-order chi connectivity index (χ0) is 69.5. The number of ether oxygens (including phenoxy) is 6. The van der Waals surface area contributed by atoms with Crippen LogP contribution < -0.4 is 28.4 Å². The molecule has 0 unspecified atom stereocenters. The first kappa shape index (κ1) is 82.8. The predicted molar refractivity (Wildman–Crippen MR) is 345 cm³/mol. The Morgan fingerprint density at radius 2 is 0.756 bits per heavy atom. The number of carbonyl (C=O) groups is 4. The second-order valence-electron chi connectivity index (χ2n) is 16.5. The first-order valence-corrected chi connectivity index (χ1v) is 30.4. The smallest absolute Gasteiger partial charge is 0.315 e. The van der Waals surface area contributed by atoms with E-state index in [9.17, 15) is 90.3 Å². The van der Waals surface area contributed by atoms with Crippen LogP contribution in [0, 0.1) is 40.5 Å². The molecule has 6 N–H and O–H groups in total. The fourth-order valence-electron chi connectivity index (χ4n) is 6.51. The van der Waals surface area contributed by atoms with Gasteiger partial charge < -0.3 is 63.9 Å². The molecule has 0 atom stereocenters. The molecule has 0 fully saturated rings. The quantitative estimate of drug-likeness (QED) is 0.0103. The van der Waals surface area contributed by atoms with Gasteiger partial charge in [0.15, 0.2) is 63.3 Å². The highest BCUT2D eigenvalue weighted by atomic mass is 80.9. The molecule has 488 valence electrons. The molecule has 0 aliphatic rings. The Balaban J connectivity index is 0. The van der Waals surface area contributed by atoms with Crippen LogP contribution in [0.3, 0.4) is 0 Å². The van der Waals surface area contributed by atoms with E-state index < -0.39 is 59.8 Å². The molecule has 0 heterocycles. The standard InChI is InChI=1S/C10H11NO4.C10H12O2.C9H8BrNO5.2C9H9NO5.C9H10O3.CH2Cl2.Br2/c1-3-4-7-5-8(11(13)14)10(12)9(6-7)15-2;1-3-4-8-5-6-9(11)10(7-8)12-2;1-16-8-3-5(7(12)4-10)2-6(9(8)13)11(14)15;1-5(11)6-3-7(10(13)14)9(12)8(4-6)15-2;1-15-8-5-6(2-3-11)4-7(9(8)12)10(13)14;1-6(10)7-3-4-8(11)9(5-7)12-2;2-1-3;1-2/h3,5-6,12H,1,4H2,2H3;3,5-7,11H,1,4H2,2H3;2-3,13H,4H2,1H3;3-4,12H,1-2H3;3-5,12H,2H2,1H3;3-5,11H,1-2H3;1H2;. The van der Waals surface area contributed by atoms with Crippen LogP contribution in [0.2, 0.25) is 0 Å². The molecule has 6 rings (SSSR count). The predicted octanol–water partition coefficient (Wildman–Crippen LogP) is 13.3. The Morgan fingerprint density at radius 1 is 0.467 bits per heavy atom. The summed E-state index contributed by atoms with van der Waals surface area (Å²) in [7, 11) is 8.11. The van der Waals surface area contributed by atoms with Gasteiger partial charge >= 0.3 is 22.7 Å². The van der Waals surface area contributed by atoms with E-state index in [0.29, 0.717) is 40.9 Å². The van der Waals surface area contributed by atoms with Crippen molar-refractivity contribution >= 4 is 114 Å². The summed E-state index contributed by atoms with van der Waals surface area (Å²) in [4.78, 5) is 83.0. The fourth-order valence-corrected chi connectivity index (χ4v) is 6.84. The zero-order valence-corrected chi connectivity index (χ0v) is 55.2. The first-order chi connectivity index (χ1) is 42.5. The number of ketones is 3. The molecule has 0 aliphatic carbocycles. The minimum atomic E-state index is -0.775. The third-order valence-corrected chi connectivity index (χ3v) is 11.3. The number of hydrogen-bond donors (Lipinski definition) is 6. The number of aromatic hydroxyl groups is 6. The van der Waals surface area contributed by atoms with Crippen molar-refractivity contribution < 1.29 is 97.9 Å². The van der Waals surface area contributed by atoms with Gasteiger partial charge in [-0.2, -0.15) is 0 Å². The van der Waals surface area contributed by atoms with Crippen molar-refractivity contribution in [2.75, 3.05) is 53.3 Å². The number of allylic oxidation sites excluding steroid dienone is 2. The van der Waals surface area contributed by atoms with Gasteiger partial charge in [0.2, 0.25) is 23.0 Å². The molecule has 0 aromatic heterocycles. The molecule has 90 heavy (non-hydrogen) atoms. The van der Waals surface area contributed by atoms with Gasteiger partial charge in [-0.3, -0.25) is 54.8 Å². The maximum atomic E-state index is 11.4. The highest BCUT2D eigenvalue weighted by Crippen LogP contribution is 2.40. The van der Waals surface area contributed by atoms with Crippen LogP contribution in [-0.4, -0.2) is 127 Å². The van der Waals surface area contributed by atoms with E-state index in [2.05, 4.69) is 57.3 Å². The zero-order valence-electron chi connectivity index (χ0n) is 49.0. The van der Waals surface area contributed by atoms with Crippen LogP contribution in [0.5, 0.6) is 69.0 Å². The third kappa shape index (κ3) is 27.4. The van der Waals surface area contributed by atoms with Gasteiger partial charge in [0.1, 0.15) is 6.29 Å². The largest absolute Gasteiger partial charge is 0.504 e. The number of phenolic OH excluding ortho intramolecular Hbond substituents is 6. The lowest BCUT2D eigenvalue weighted by Gasteiger charge is -2.05. The molecule has 0 aliphatic heterocycles. The molecule has 0 amide bonds. The number of carbonyl (C=O) groups excluding carboxylic acids is 4. The number of aldehydes is 1. The molecule has 6 aromatic rings. The van der Waals surface area contributed by atoms with Gasteiger partial charge in [-0.25, -0.2) is 0 Å². The van der Waals surface area contributed by atoms with Gasteiger partial charge in [0, 0.05) is 75.6 Å². The van der Waals surface area contributed by atoms with Gasteiger partial charge in [0.25, 0.3) is 0 Å². The van der Waals surface area contributed by atoms with E-state index >= 15 is 0 Å². The average molecular weight is 1500 g/mol. The number of nitro benzene ring substituents is 4. The van der Waals surface area contributed by atoms with Gasteiger partial charge in [-0.05, 0) is 98.0 Å². The van der Waals surface area contributed by atoms with E-state index in [4.69, 9.17) is 51.6 Å². The number of nitrogens with zero attached hydrogens (tertiary/aromatic N) is 4. The molecule has 0 bridgehead atoms. The van der Waals surface area contributed by atoms with Crippen molar-refractivity contribution in [2.24, 2.45) is 0 Å². The maximum absolute atomic E-state index is 11.4. The van der Waals surface area contributed by atoms with Crippen molar-refractivity contribution in [1.29, 1.82) is 0 Å². The van der Waals surface area contributed by atoms with Crippen LogP contribution in [0.25, 0.3) is 0 Å². The minimum Gasteiger partial charge on any atom is -0.504 e. The van der Waals surface area contributed by atoms with E-state index in [1.165, 1.54) is 92.9 Å². The number of Topliss-reactive ketones (excluding diaryl/α,β-unsaturated/α-hetero) is 3. The number of rotatable bonds is 20. The molecular formula is C57H61Br3Cl2N4O24. The van der Waals surface area contributed by atoms with Gasteiger partial charge in [-0.15, -0.1) is 36.4 Å². The molecule has 33 heteroatoms. The van der Waals surface area contributed by atoms with E-state index in [1.54, 1.807) is 30.3 Å². The maximum Gasteiger partial charge on any atom is 0.315 e. The van der Waals surface area contributed by atoms with Gasteiger partial charge in [0.05, 0.1) is 73.0 Å². The second-order valence-corrected chi connectivity index (χ2v) is 17.8. The number of halogens is 5. The summed E-state index contributed by atoms with van der Waals surface area (Å²) in [5, 5.41) is 98.7. The highest BCUT2D eigenvalue weighted by Gasteiger charge is 2.24. The van der Waals surface area contributed by atoms with Crippen molar-refractivity contribution in [2.45, 2.75) is 33.1 Å². The molecule has 28 nitrogen and oxygen atoms in total. The van der Waals surface area contributed by atoms with Crippen molar-refractivity contribution in [3.63, 3.8) is 0 Å². The lowest BCUT2D eigenvalue weighted by molar-refractivity contribution is -0.386. The van der Waals surface area contributed by atoms with Crippen LogP contribution in [-0.2, 0) is 24.1 Å². The summed E-state index contributed by atoms with van der Waals surface area (Å²) in [6, 6.07) is 19.7. The lowest BCUT2D eigenvalue weighted by Crippen LogP contribution is -2.02. The molecular weight excluding hydrogens is 1440 g/mol. The fraction of sp³-hybridized carbons (Fsp3) is 0.228. The highest BCUT2D eigenvalue weighted by molar-refractivity contribution is 9.93. The molecule has 6 aromatic carbocycles. The van der Waals surface area contributed by atoms with Crippen molar-refractivity contribution in [1.82, 2.24) is 0 Å². The lowest BCUT2D eigenvalue weighted by atomic mass is 10.1. The van der Waals surface area contributed by atoms with Crippen molar-refractivity contribution in [3.05, 3.63) is 184 Å². The number of nitro groups is 4. The molecule has 0 saturated carbocycles. The van der Waals surface area contributed by atoms with E-state index in [0.717, 1.165) is 30.2 Å². The number of phenols is 6. The third-order valence-electron chi connectivity index (χ3n) is 10.8. The van der Waals surface area contributed by atoms with Crippen LogP contribution in [0.15, 0.2) is 110 Å². The molecule has 0 spiro atoms. The van der Waals surface area contributed by atoms with Crippen LogP contribution in [0.4, 0.5) is 22.7 Å². The summed E-state index contributed by atoms with van der Waals surface area (Å²) in [5.41, 5.74) is 1.03. The normalized spacial score (nSPS) is 9.39. The van der Waals surface area contributed by atoms with E-state index in [-0.39, 0.29) is 85.8 Å². The average Bonchev–Trinajstić information content (AvgIpc) is 1.97. The Kier molecular flexibility index (Phi) is 40.6. The topological polar surface area (TPSA) is 418 Å². The Bertz CT molecular complexity index is 3370. The van der Waals surface area contributed by atoms with E-state index in [1.807, 2.05) is 12.1 Å². The summed E-state index contributed by atoms with van der Waals surface area (Å²) in [6.07, 6.45) is 5.36.